The van der Waals surface area contributed by atoms with Gasteiger partial charge in [0.25, 0.3) is 0 Å². The first-order valence-electron chi connectivity index (χ1n) is 7.05. The number of rotatable bonds is 11. The average molecular weight is 319 g/mol. The van der Waals surface area contributed by atoms with Crippen LogP contribution >= 0.6 is 0 Å². The Morgan fingerprint density at radius 1 is 0.947 bits per heavy atom. The van der Waals surface area contributed by atoms with Crippen LogP contribution in [0.2, 0.25) is 0 Å². The molecule has 0 bridgehead atoms. The van der Waals surface area contributed by atoms with Gasteiger partial charge in [0.2, 0.25) is 0 Å². The molecular weight excluding hydrogens is 291 g/mol. The van der Waals surface area contributed by atoms with Crippen LogP contribution in [0.25, 0.3) is 0 Å². The van der Waals surface area contributed by atoms with Gasteiger partial charge in [-0.15, -0.1) is 0 Å². The zero-order chi connectivity index (χ0) is 14.1. The monoisotopic (exact) mass is 318 g/mol. The van der Waals surface area contributed by atoms with Gasteiger partial charge in [0.05, 0.1) is 0 Å². The van der Waals surface area contributed by atoms with Gasteiger partial charge in [0, 0.05) is 0 Å². The summed E-state index contributed by atoms with van der Waals surface area (Å²) in [5, 5.41) is 9.73. The summed E-state index contributed by atoms with van der Waals surface area (Å²) < 4.78 is 32.8. The van der Waals surface area contributed by atoms with Crippen molar-refractivity contribution in [3.8, 4) is 0 Å². The first kappa shape index (κ1) is 22.8. The first-order valence-corrected chi connectivity index (χ1v) is 8.46. The van der Waals surface area contributed by atoms with Crippen LogP contribution in [0.15, 0.2) is 0 Å². The van der Waals surface area contributed by atoms with E-state index in [0.717, 1.165) is 19.3 Å². The normalized spacial score (nSPS) is 14.7. The van der Waals surface area contributed by atoms with Gasteiger partial charge in [-0.2, -0.15) is 0 Å². The molecule has 0 spiro atoms. The molecule has 110 valence electrons. The molecule has 0 saturated carbocycles. The van der Waals surface area contributed by atoms with Crippen LogP contribution < -0.4 is 51.4 Å². The molecule has 0 aliphatic rings. The van der Waals surface area contributed by atoms with Crippen molar-refractivity contribution in [3.05, 3.63) is 0 Å². The Morgan fingerprint density at radius 3 is 1.74 bits per heavy atom. The van der Waals surface area contributed by atoms with Crippen LogP contribution in [0, 0.1) is 0 Å². The molecule has 0 heterocycles. The summed E-state index contributed by atoms with van der Waals surface area (Å²) in [5.41, 5.74) is 0. The summed E-state index contributed by atoms with van der Waals surface area (Å²) in [4.78, 5) is -2.06. The third-order valence-electron chi connectivity index (χ3n) is 3.44. The largest absolute Gasteiger partial charge is 1.00 e. The van der Waals surface area contributed by atoms with Crippen molar-refractivity contribution in [1.29, 1.82) is 0 Å². The molecule has 0 radical (unpaired) electrons. The Morgan fingerprint density at radius 2 is 1.37 bits per heavy atom. The predicted octanol–water partition coefficient (Wildman–Crippen LogP) is 0.165. The van der Waals surface area contributed by atoms with Crippen molar-refractivity contribution in [1.82, 2.24) is 0 Å². The second kappa shape index (κ2) is 12.1. The summed E-state index contributed by atoms with van der Waals surface area (Å²) in [5.74, 6) is 0. The molecule has 6 heteroatoms. The van der Waals surface area contributed by atoms with E-state index in [-0.39, 0.29) is 64.2 Å². The van der Waals surface area contributed by atoms with E-state index in [1.54, 1.807) is 0 Å². The maximum absolute atomic E-state index is 10.9. The standard InChI is InChI=1S/C13H28O4S.K/c1-3-5-6-7-8-9-10-11-12-13(14,4-2)18(15,16)17;/h14H,3-12H2,1-2H3,(H,15,16,17);/q;+1/p-1. The van der Waals surface area contributed by atoms with E-state index < -0.39 is 15.1 Å². The summed E-state index contributed by atoms with van der Waals surface area (Å²) >= 11 is 0. The van der Waals surface area contributed by atoms with E-state index >= 15 is 0 Å². The van der Waals surface area contributed by atoms with Crippen LogP contribution in [0.3, 0.4) is 0 Å². The Bertz CT molecular complexity index is 306. The van der Waals surface area contributed by atoms with E-state index in [1.807, 2.05) is 0 Å². The molecule has 1 atom stereocenters. The Kier molecular flexibility index (Phi) is 14.5. The molecular formula is C13H27KO4S. The zero-order valence-corrected chi connectivity index (χ0v) is 16.6. The zero-order valence-electron chi connectivity index (χ0n) is 12.7. The molecule has 1 unspecified atom stereocenters. The van der Waals surface area contributed by atoms with Crippen molar-refractivity contribution in [2.75, 3.05) is 0 Å². The molecule has 0 fully saturated rings. The van der Waals surface area contributed by atoms with Crippen molar-refractivity contribution in [2.45, 2.75) is 83.0 Å². The molecule has 0 aliphatic heterocycles. The van der Waals surface area contributed by atoms with Gasteiger partial charge in [-0.25, -0.2) is 8.42 Å². The Balaban J connectivity index is 0. The van der Waals surface area contributed by atoms with Gasteiger partial charge >= 0.3 is 51.4 Å². The van der Waals surface area contributed by atoms with Gasteiger partial charge in [-0.1, -0.05) is 58.8 Å². The maximum atomic E-state index is 10.9. The molecule has 0 amide bonds. The van der Waals surface area contributed by atoms with Gasteiger partial charge in [0.15, 0.2) is 4.93 Å². The number of aliphatic hydroxyl groups is 1. The van der Waals surface area contributed by atoms with Crippen LogP contribution in [-0.4, -0.2) is 23.0 Å². The van der Waals surface area contributed by atoms with Gasteiger partial charge in [0.1, 0.15) is 10.1 Å². The van der Waals surface area contributed by atoms with E-state index in [2.05, 4.69) is 6.92 Å². The number of hydrogen-bond donors (Lipinski definition) is 1. The third kappa shape index (κ3) is 9.95. The predicted molar refractivity (Wildman–Crippen MR) is 72.2 cm³/mol. The van der Waals surface area contributed by atoms with Gasteiger partial charge in [-0.05, 0) is 19.3 Å². The van der Waals surface area contributed by atoms with E-state index in [1.165, 1.54) is 32.6 Å². The van der Waals surface area contributed by atoms with Crippen molar-refractivity contribution in [2.24, 2.45) is 0 Å². The number of unbranched alkanes of at least 4 members (excludes halogenated alkanes) is 7. The van der Waals surface area contributed by atoms with E-state index in [4.69, 9.17) is 0 Å². The minimum absolute atomic E-state index is 0. The van der Waals surface area contributed by atoms with Crippen LogP contribution in [0.5, 0.6) is 0 Å². The molecule has 0 aromatic heterocycles. The minimum Gasteiger partial charge on any atom is -0.746 e. The van der Waals surface area contributed by atoms with Crippen LogP contribution in [-0.2, 0) is 10.1 Å². The minimum atomic E-state index is -4.61. The third-order valence-corrected chi connectivity index (χ3v) is 4.86. The Hall–Kier alpha value is 1.51. The fourth-order valence-electron chi connectivity index (χ4n) is 2.01. The quantitative estimate of drug-likeness (QED) is 0.334. The fourth-order valence-corrected chi connectivity index (χ4v) is 2.76. The summed E-state index contributed by atoms with van der Waals surface area (Å²) in [7, 11) is -4.61. The molecule has 0 aromatic carbocycles. The summed E-state index contributed by atoms with van der Waals surface area (Å²) in [6, 6.07) is 0. The molecule has 0 aliphatic carbocycles. The average Bonchev–Trinajstić information content (AvgIpc) is 2.30. The van der Waals surface area contributed by atoms with Crippen LogP contribution in [0.4, 0.5) is 0 Å². The molecule has 0 aromatic rings. The molecule has 0 rings (SSSR count). The molecule has 19 heavy (non-hydrogen) atoms. The molecule has 0 saturated heterocycles. The first-order chi connectivity index (χ1) is 8.37. The van der Waals surface area contributed by atoms with Crippen LogP contribution in [0.1, 0.15) is 78.1 Å². The summed E-state index contributed by atoms with van der Waals surface area (Å²) in [6.07, 6.45) is 8.66. The van der Waals surface area contributed by atoms with Crippen molar-refractivity contribution < 1.29 is 69.5 Å². The SMILES string of the molecule is CCCCCCCCCCC(O)(CC)S(=O)(=O)[O-].[K+]. The second-order valence-electron chi connectivity index (χ2n) is 4.98. The fraction of sp³-hybridized carbons (Fsp3) is 1.00. The topological polar surface area (TPSA) is 77.4 Å². The second-order valence-corrected chi connectivity index (χ2v) is 6.65. The van der Waals surface area contributed by atoms with E-state index in [9.17, 15) is 18.1 Å². The molecule has 1 N–H and O–H groups in total. The molecule has 4 nitrogen and oxygen atoms in total. The van der Waals surface area contributed by atoms with Gasteiger partial charge < -0.3 is 9.66 Å². The van der Waals surface area contributed by atoms with Crippen molar-refractivity contribution in [3.63, 3.8) is 0 Å². The Labute approximate surface area is 160 Å². The number of hydrogen-bond acceptors (Lipinski definition) is 4. The van der Waals surface area contributed by atoms with Crippen molar-refractivity contribution >= 4 is 10.1 Å². The van der Waals surface area contributed by atoms with Gasteiger partial charge in [-0.3, -0.25) is 0 Å². The van der Waals surface area contributed by atoms with E-state index in [0.29, 0.717) is 6.42 Å². The smallest absolute Gasteiger partial charge is 0.746 e. The summed E-state index contributed by atoms with van der Waals surface area (Å²) in [6.45, 7) is 3.70. The maximum Gasteiger partial charge on any atom is 1.00 e.